The van der Waals surface area contributed by atoms with Gasteiger partial charge < -0.3 is 9.80 Å². The van der Waals surface area contributed by atoms with Crippen LogP contribution in [-0.2, 0) is 4.79 Å². The summed E-state index contributed by atoms with van der Waals surface area (Å²) in [5.41, 5.74) is 0. The molecule has 0 aromatic carbocycles. The van der Waals surface area contributed by atoms with Crippen LogP contribution in [0.15, 0.2) is 36.9 Å². The van der Waals surface area contributed by atoms with Crippen molar-refractivity contribution in [2.45, 2.75) is 12.5 Å². The van der Waals surface area contributed by atoms with Crippen LogP contribution in [-0.4, -0.2) is 81.3 Å². The SMILES string of the molecule is O=C(CCN1CC(n2cccn2)C1)N1CCN(c2ncccn2)CC1. The highest BCUT2D eigenvalue weighted by Crippen LogP contribution is 2.20. The maximum atomic E-state index is 12.4. The van der Waals surface area contributed by atoms with Gasteiger partial charge in [0.05, 0.1) is 6.04 Å². The first-order valence-corrected chi connectivity index (χ1v) is 8.81. The highest BCUT2D eigenvalue weighted by atomic mass is 16.2. The number of hydrogen-bond acceptors (Lipinski definition) is 6. The molecule has 1 amide bonds. The van der Waals surface area contributed by atoms with Gasteiger partial charge in [-0.05, 0) is 12.1 Å². The minimum absolute atomic E-state index is 0.246. The van der Waals surface area contributed by atoms with E-state index < -0.39 is 0 Å². The van der Waals surface area contributed by atoms with E-state index in [-0.39, 0.29) is 5.91 Å². The molecule has 25 heavy (non-hydrogen) atoms. The number of carbonyl (C=O) groups is 1. The third-order valence-electron chi connectivity index (χ3n) is 4.95. The topological polar surface area (TPSA) is 70.4 Å². The summed E-state index contributed by atoms with van der Waals surface area (Å²) in [7, 11) is 0. The molecule has 2 aromatic heterocycles. The zero-order valence-electron chi connectivity index (χ0n) is 14.2. The molecule has 4 heterocycles. The molecule has 0 unspecified atom stereocenters. The lowest BCUT2D eigenvalue weighted by Crippen LogP contribution is -2.51. The van der Waals surface area contributed by atoms with E-state index >= 15 is 0 Å². The zero-order valence-corrected chi connectivity index (χ0v) is 14.2. The molecule has 0 radical (unpaired) electrons. The average molecular weight is 341 g/mol. The maximum absolute atomic E-state index is 12.4. The molecule has 2 aromatic rings. The van der Waals surface area contributed by atoms with Gasteiger partial charge in [-0.1, -0.05) is 0 Å². The Bertz CT molecular complexity index is 676. The Morgan fingerprint density at radius 3 is 2.48 bits per heavy atom. The van der Waals surface area contributed by atoms with Gasteiger partial charge in [0.2, 0.25) is 11.9 Å². The van der Waals surface area contributed by atoms with Gasteiger partial charge in [0, 0.05) is 77.0 Å². The standard InChI is InChI=1S/C17H23N7O/c25-16(3-8-21-13-15(14-21)24-7-2-6-20-24)22-9-11-23(12-10-22)17-18-4-1-5-19-17/h1-2,4-7,15H,3,8-14H2. The van der Waals surface area contributed by atoms with E-state index in [4.69, 9.17) is 0 Å². The van der Waals surface area contributed by atoms with Crippen LogP contribution in [0, 0.1) is 0 Å². The summed E-state index contributed by atoms with van der Waals surface area (Å²) in [6, 6.07) is 4.22. The molecule has 0 atom stereocenters. The Morgan fingerprint density at radius 1 is 1.04 bits per heavy atom. The van der Waals surface area contributed by atoms with Crippen LogP contribution in [0.2, 0.25) is 0 Å². The van der Waals surface area contributed by atoms with E-state index in [1.165, 1.54) is 0 Å². The van der Waals surface area contributed by atoms with Gasteiger partial charge in [0.25, 0.3) is 0 Å². The predicted molar refractivity (Wildman–Crippen MR) is 93.1 cm³/mol. The van der Waals surface area contributed by atoms with Gasteiger partial charge in [-0.15, -0.1) is 0 Å². The second-order valence-corrected chi connectivity index (χ2v) is 6.57. The Hall–Kier alpha value is -2.48. The van der Waals surface area contributed by atoms with E-state index in [2.05, 4.69) is 24.9 Å². The van der Waals surface area contributed by atoms with E-state index in [1.54, 1.807) is 12.4 Å². The van der Waals surface area contributed by atoms with Crippen molar-refractivity contribution in [1.29, 1.82) is 0 Å². The number of likely N-dealkylation sites (tertiary alicyclic amines) is 1. The van der Waals surface area contributed by atoms with E-state index in [1.807, 2.05) is 34.1 Å². The van der Waals surface area contributed by atoms with Crippen molar-refractivity contribution in [3.05, 3.63) is 36.9 Å². The Labute approximate surface area is 147 Å². The molecular weight excluding hydrogens is 318 g/mol. The van der Waals surface area contributed by atoms with Gasteiger partial charge in [0.1, 0.15) is 0 Å². The molecule has 2 saturated heterocycles. The molecular formula is C17H23N7O. The van der Waals surface area contributed by atoms with E-state index in [0.29, 0.717) is 12.5 Å². The lowest BCUT2D eigenvalue weighted by atomic mass is 10.1. The summed E-state index contributed by atoms with van der Waals surface area (Å²) in [5, 5.41) is 4.27. The van der Waals surface area contributed by atoms with Crippen molar-refractivity contribution >= 4 is 11.9 Å². The molecule has 0 N–H and O–H groups in total. The lowest BCUT2D eigenvalue weighted by Gasteiger charge is -2.40. The molecule has 8 nitrogen and oxygen atoms in total. The van der Waals surface area contributed by atoms with Gasteiger partial charge in [-0.3, -0.25) is 14.4 Å². The van der Waals surface area contributed by atoms with Crippen molar-refractivity contribution in [3.63, 3.8) is 0 Å². The van der Waals surface area contributed by atoms with E-state index in [0.717, 1.165) is 51.8 Å². The molecule has 0 aliphatic carbocycles. The molecule has 0 spiro atoms. The molecule has 0 bridgehead atoms. The first-order valence-electron chi connectivity index (χ1n) is 8.81. The fraction of sp³-hybridized carbons (Fsp3) is 0.529. The predicted octanol–water partition coefficient (Wildman–Crippen LogP) is 0.269. The number of hydrogen-bond donors (Lipinski definition) is 0. The van der Waals surface area contributed by atoms with Crippen LogP contribution in [0.4, 0.5) is 5.95 Å². The summed E-state index contributed by atoms with van der Waals surface area (Å²) < 4.78 is 2.00. The molecule has 132 valence electrons. The summed E-state index contributed by atoms with van der Waals surface area (Å²) >= 11 is 0. The van der Waals surface area contributed by atoms with Crippen LogP contribution >= 0.6 is 0 Å². The highest BCUT2D eigenvalue weighted by Gasteiger charge is 2.29. The number of aromatic nitrogens is 4. The summed E-state index contributed by atoms with van der Waals surface area (Å²) in [4.78, 5) is 27.4. The third kappa shape index (κ3) is 3.63. The first-order chi connectivity index (χ1) is 12.3. The second-order valence-electron chi connectivity index (χ2n) is 6.57. The van der Waals surface area contributed by atoms with Gasteiger partial charge >= 0.3 is 0 Å². The number of anilines is 1. The van der Waals surface area contributed by atoms with Crippen LogP contribution < -0.4 is 4.90 Å². The first kappa shape index (κ1) is 16.0. The van der Waals surface area contributed by atoms with Gasteiger partial charge in [-0.25, -0.2) is 9.97 Å². The monoisotopic (exact) mass is 341 g/mol. The van der Waals surface area contributed by atoms with Crippen molar-refractivity contribution in [1.82, 2.24) is 29.5 Å². The fourth-order valence-corrected chi connectivity index (χ4v) is 3.41. The normalized spacial score (nSPS) is 19.0. The molecule has 2 aliphatic rings. The molecule has 2 aliphatic heterocycles. The van der Waals surface area contributed by atoms with Crippen LogP contribution in [0.25, 0.3) is 0 Å². The lowest BCUT2D eigenvalue weighted by molar-refractivity contribution is -0.132. The van der Waals surface area contributed by atoms with Crippen molar-refractivity contribution in [2.75, 3.05) is 50.7 Å². The minimum atomic E-state index is 0.246. The second kappa shape index (κ2) is 7.18. The van der Waals surface area contributed by atoms with E-state index in [9.17, 15) is 4.79 Å². The van der Waals surface area contributed by atoms with Gasteiger partial charge in [-0.2, -0.15) is 5.10 Å². The van der Waals surface area contributed by atoms with Crippen molar-refractivity contribution in [3.8, 4) is 0 Å². The number of rotatable bonds is 5. The molecule has 8 heteroatoms. The van der Waals surface area contributed by atoms with Crippen LogP contribution in [0.3, 0.4) is 0 Å². The smallest absolute Gasteiger partial charge is 0.225 e. The fourth-order valence-electron chi connectivity index (χ4n) is 3.41. The van der Waals surface area contributed by atoms with Gasteiger partial charge in [0.15, 0.2) is 0 Å². The third-order valence-corrected chi connectivity index (χ3v) is 4.95. The Balaban J connectivity index is 1.17. The number of nitrogens with zero attached hydrogens (tertiary/aromatic N) is 7. The number of amides is 1. The molecule has 0 saturated carbocycles. The quantitative estimate of drug-likeness (QED) is 0.777. The Kier molecular flexibility index (Phi) is 4.60. The maximum Gasteiger partial charge on any atom is 0.225 e. The summed E-state index contributed by atoms with van der Waals surface area (Å²) in [5.74, 6) is 0.996. The largest absolute Gasteiger partial charge is 0.339 e. The summed E-state index contributed by atoms with van der Waals surface area (Å²) in [6.45, 7) is 5.86. The highest BCUT2D eigenvalue weighted by molar-refractivity contribution is 5.76. The number of piperazine rings is 1. The average Bonchev–Trinajstić information content (AvgIpc) is 3.15. The van der Waals surface area contributed by atoms with Crippen LogP contribution in [0.1, 0.15) is 12.5 Å². The number of carbonyl (C=O) groups excluding carboxylic acids is 1. The Morgan fingerprint density at radius 2 is 1.80 bits per heavy atom. The summed E-state index contributed by atoms with van der Waals surface area (Å²) in [6.07, 6.45) is 7.91. The molecule has 2 fully saturated rings. The molecule has 4 rings (SSSR count). The minimum Gasteiger partial charge on any atom is -0.339 e. The van der Waals surface area contributed by atoms with Crippen LogP contribution in [0.5, 0.6) is 0 Å². The van der Waals surface area contributed by atoms with Crippen molar-refractivity contribution < 1.29 is 4.79 Å². The van der Waals surface area contributed by atoms with Crippen molar-refractivity contribution in [2.24, 2.45) is 0 Å². The zero-order chi connectivity index (χ0) is 17.1.